The van der Waals surface area contributed by atoms with Gasteiger partial charge in [0.1, 0.15) is 5.82 Å². The third-order valence-corrected chi connectivity index (χ3v) is 3.64. The lowest BCUT2D eigenvalue weighted by atomic mass is 9.97. The van der Waals surface area contributed by atoms with Crippen LogP contribution in [0.1, 0.15) is 30.1 Å². The fourth-order valence-electron chi connectivity index (χ4n) is 2.32. The Labute approximate surface area is 134 Å². The molecule has 0 amide bonds. The molecule has 0 aliphatic rings. The molecule has 0 N–H and O–H groups in total. The smallest absolute Gasteiger partial charge is 0.338 e. The zero-order valence-electron chi connectivity index (χ0n) is 12.5. The third-order valence-electron chi connectivity index (χ3n) is 3.64. The van der Waals surface area contributed by atoms with Gasteiger partial charge in [-0.2, -0.15) is 18.2 Å². The summed E-state index contributed by atoms with van der Waals surface area (Å²) >= 11 is 0. The molecule has 3 nitrogen and oxygen atoms in total. The molecule has 0 saturated carbocycles. The van der Waals surface area contributed by atoms with E-state index in [1.807, 2.05) is 6.07 Å². The summed E-state index contributed by atoms with van der Waals surface area (Å²) in [6.07, 6.45) is -4.68. The van der Waals surface area contributed by atoms with Gasteiger partial charge in [-0.3, -0.25) is 0 Å². The summed E-state index contributed by atoms with van der Waals surface area (Å²) in [5, 5.41) is 2.92. The van der Waals surface area contributed by atoms with Gasteiger partial charge in [-0.05, 0) is 24.1 Å². The molecule has 3 rings (SSSR count). The van der Waals surface area contributed by atoms with E-state index in [0.29, 0.717) is 16.7 Å². The molecule has 124 valence electrons. The largest absolute Gasteiger partial charge is 0.455 e. The van der Waals surface area contributed by atoms with Crippen molar-refractivity contribution in [2.24, 2.45) is 0 Å². The first-order valence-corrected chi connectivity index (χ1v) is 7.12. The predicted molar refractivity (Wildman–Crippen MR) is 78.7 cm³/mol. The number of aromatic nitrogens is 2. The number of rotatable bonds is 3. The third kappa shape index (κ3) is 3.15. The molecule has 1 unspecified atom stereocenters. The summed E-state index contributed by atoms with van der Waals surface area (Å²) < 4.78 is 56.6. The lowest BCUT2D eigenvalue weighted by Gasteiger charge is -2.10. The maximum Gasteiger partial charge on any atom is 0.455 e. The Hall–Kier alpha value is -2.70. The Morgan fingerprint density at radius 3 is 2.33 bits per heavy atom. The molecule has 7 heteroatoms. The second-order valence-electron chi connectivity index (χ2n) is 5.28. The van der Waals surface area contributed by atoms with E-state index in [9.17, 15) is 17.6 Å². The highest BCUT2D eigenvalue weighted by Crippen LogP contribution is 2.31. The van der Waals surface area contributed by atoms with E-state index in [0.717, 1.165) is 0 Å². The maximum atomic E-state index is 14.4. The average molecular weight is 336 g/mol. The van der Waals surface area contributed by atoms with Gasteiger partial charge in [-0.1, -0.05) is 47.6 Å². The Kier molecular flexibility index (Phi) is 4.09. The molecular formula is C17H12F4N2O. The van der Waals surface area contributed by atoms with Crippen molar-refractivity contribution >= 4 is 0 Å². The zero-order valence-corrected chi connectivity index (χ0v) is 12.5. The number of hydrogen-bond acceptors (Lipinski definition) is 3. The second-order valence-corrected chi connectivity index (χ2v) is 5.28. The monoisotopic (exact) mass is 336 g/mol. The van der Waals surface area contributed by atoms with Crippen LogP contribution in [-0.2, 0) is 6.18 Å². The van der Waals surface area contributed by atoms with Gasteiger partial charge in [0.05, 0.1) is 5.92 Å². The van der Waals surface area contributed by atoms with Crippen LogP contribution in [0, 0.1) is 5.82 Å². The van der Waals surface area contributed by atoms with Crippen LogP contribution < -0.4 is 0 Å². The molecule has 0 fully saturated rings. The predicted octanol–water partition coefficient (Wildman–Crippen LogP) is 5.05. The molecule has 1 aromatic heterocycles. The van der Waals surface area contributed by atoms with Crippen LogP contribution in [0.15, 0.2) is 53.1 Å². The van der Waals surface area contributed by atoms with Crippen LogP contribution in [0.3, 0.4) is 0 Å². The van der Waals surface area contributed by atoms with Crippen molar-refractivity contribution < 1.29 is 22.1 Å². The number of halogens is 4. The van der Waals surface area contributed by atoms with E-state index in [2.05, 4.69) is 14.7 Å². The number of benzene rings is 2. The van der Waals surface area contributed by atoms with Gasteiger partial charge in [0, 0.05) is 5.56 Å². The molecule has 1 atom stereocenters. The molecule has 3 aromatic rings. The first kappa shape index (κ1) is 16.2. The first-order valence-electron chi connectivity index (χ1n) is 7.12. The Morgan fingerprint density at radius 1 is 1.04 bits per heavy atom. The summed E-state index contributed by atoms with van der Waals surface area (Å²) in [6, 6.07) is 13.4. The van der Waals surface area contributed by atoms with E-state index >= 15 is 0 Å². The second kappa shape index (κ2) is 6.07. The highest BCUT2D eigenvalue weighted by atomic mass is 19.4. The van der Waals surface area contributed by atoms with Gasteiger partial charge in [0.2, 0.25) is 5.89 Å². The van der Waals surface area contributed by atoms with Crippen LogP contribution >= 0.6 is 0 Å². The van der Waals surface area contributed by atoms with E-state index in [-0.39, 0.29) is 5.89 Å². The van der Waals surface area contributed by atoms with Gasteiger partial charge >= 0.3 is 6.18 Å². The quantitative estimate of drug-likeness (QED) is 0.629. The van der Waals surface area contributed by atoms with E-state index < -0.39 is 23.7 Å². The minimum absolute atomic E-state index is 0.214. The van der Waals surface area contributed by atoms with E-state index in [4.69, 9.17) is 0 Å². The molecular weight excluding hydrogens is 324 g/mol. The van der Waals surface area contributed by atoms with Crippen LogP contribution in [-0.4, -0.2) is 10.1 Å². The van der Waals surface area contributed by atoms with Crippen LogP contribution in [0.2, 0.25) is 0 Å². The number of nitrogens with zero attached hydrogens (tertiary/aromatic N) is 2. The van der Waals surface area contributed by atoms with Crippen molar-refractivity contribution in [2.45, 2.75) is 19.0 Å². The molecule has 0 aliphatic carbocycles. The van der Waals surface area contributed by atoms with Gasteiger partial charge in [0.25, 0.3) is 5.82 Å². The topological polar surface area (TPSA) is 38.9 Å². The van der Waals surface area contributed by atoms with Gasteiger partial charge in [-0.15, -0.1) is 0 Å². The van der Waals surface area contributed by atoms with Crippen molar-refractivity contribution in [3.63, 3.8) is 0 Å². The van der Waals surface area contributed by atoms with Gasteiger partial charge in [-0.25, -0.2) is 4.39 Å². The Balaban J connectivity index is 1.90. The van der Waals surface area contributed by atoms with Crippen molar-refractivity contribution in [2.75, 3.05) is 0 Å². The minimum Gasteiger partial charge on any atom is -0.338 e. The van der Waals surface area contributed by atoms with E-state index in [1.54, 1.807) is 43.3 Å². The van der Waals surface area contributed by atoms with E-state index in [1.165, 1.54) is 6.07 Å². The van der Waals surface area contributed by atoms with Crippen molar-refractivity contribution in [3.05, 3.63) is 71.6 Å². The fraction of sp³-hybridized carbons (Fsp3) is 0.176. The molecule has 2 aromatic carbocycles. The lowest BCUT2D eigenvalue weighted by molar-refractivity contribution is -0.146. The normalized spacial score (nSPS) is 13.0. The summed E-state index contributed by atoms with van der Waals surface area (Å²) in [5.41, 5.74) is 1.57. The molecule has 0 saturated heterocycles. The summed E-state index contributed by atoms with van der Waals surface area (Å²) in [7, 11) is 0. The summed E-state index contributed by atoms with van der Waals surface area (Å²) in [6.45, 7) is 1.57. The van der Waals surface area contributed by atoms with Crippen molar-refractivity contribution in [1.29, 1.82) is 0 Å². The lowest BCUT2D eigenvalue weighted by Crippen LogP contribution is -2.08. The SMILES string of the molecule is CC(c1ccc(-c2ccccc2)c(F)c1)c1nc(C(F)(F)F)no1. The maximum absolute atomic E-state index is 14.4. The van der Waals surface area contributed by atoms with Crippen LogP contribution in [0.5, 0.6) is 0 Å². The molecule has 1 heterocycles. The molecule has 0 radical (unpaired) electrons. The molecule has 24 heavy (non-hydrogen) atoms. The van der Waals surface area contributed by atoms with Crippen LogP contribution in [0.25, 0.3) is 11.1 Å². The molecule has 0 aliphatic heterocycles. The minimum atomic E-state index is -4.68. The van der Waals surface area contributed by atoms with Crippen molar-refractivity contribution in [1.82, 2.24) is 10.1 Å². The molecule has 0 bridgehead atoms. The van der Waals surface area contributed by atoms with Crippen molar-refractivity contribution in [3.8, 4) is 11.1 Å². The summed E-state index contributed by atoms with van der Waals surface area (Å²) in [4.78, 5) is 3.34. The number of hydrogen-bond donors (Lipinski definition) is 0. The molecule has 0 spiro atoms. The average Bonchev–Trinajstić information content (AvgIpc) is 3.05. The standard InChI is InChI=1S/C17H12F4N2O/c1-10(15-22-16(23-24-15)17(19,20)21)12-7-8-13(14(18)9-12)11-5-3-2-4-6-11/h2-10H,1H3. The van der Waals surface area contributed by atoms with Gasteiger partial charge in [0.15, 0.2) is 0 Å². The van der Waals surface area contributed by atoms with Gasteiger partial charge < -0.3 is 4.52 Å². The van der Waals surface area contributed by atoms with Crippen LogP contribution in [0.4, 0.5) is 17.6 Å². The zero-order chi connectivity index (χ0) is 17.3. The summed E-state index contributed by atoms with van der Waals surface area (Å²) in [5.74, 6) is -2.69. The number of alkyl halides is 3. The highest BCUT2D eigenvalue weighted by molar-refractivity contribution is 5.64. The Morgan fingerprint density at radius 2 is 1.75 bits per heavy atom. The Bertz CT molecular complexity index is 843. The first-order chi connectivity index (χ1) is 11.4. The highest BCUT2D eigenvalue weighted by Gasteiger charge is 2.37. The fourth-order valence-corrected chi connectivity index (χ4v) is 2.32.